The number of alkyl halides is 3. The van der Waals surface area contributed by atoms with E-state index >= 15 is 0 Å². The van der Waals surface area contributed by atoms with Crippen LogP contribution in [0.25, 0.3) is 0 Å². The molecule has 1 aromatic heterocycles. The second kappa shape index (κ2) is 11.3. The lowest BCUT2D eigenvalue weighted by Gasteiger charge is -2.43. The fourth-order valence-corrected chi connectivity index (χ4v) is 11.6. The van der Waals surface area contributed by atoms with Gasteiger partial charge in [0.1, 0.15) is 12.4 Å². The number of halogens is 5. The lowest BCUT2D eigenvalue weighted by atomic mass is 9.68. The van der Waals surface area contributed by atoms with Crippen LogP contribution in [0.4, 0.5) is 28.9 Å². The first-order chi connectivity index (χ1) is 22.9. The standard InChI is InChI=1S/C34H24ClF4N3O4S2/c35-16-7-11-18(12-8-16)42-30(44)26-19-13-20(27(26)31(42)45)28-25(19)24(15-5-9-17(36)10-6-15)29-32(47-28)41(33(46)48-29)14-23(43)40-22-4-2-1-3-21(22)34(37,38)39/h1-12,19-20,24-28H,13-14H2,(H,40,43). The van der Waals surface area contributed by atoms with Crippen LogP contribution in [0, 0.1) is 35.4 Å². The van der Waals surface area contributed by atoms with Crippen LogP contribution in [0.5, 0.6) is 0 Å². The van der Waals surface area contributed by atoms with Crippen molar-refractivity contribution < 1.29 is 31.9 Å². The van der Waals surface area contributed by atoms with Crippen LogP contribution in [-0.2, 0) is 27.1 Å². The van der Waals surface area contributed by atoms with Gasteiger partial charge in [0, 0.05) is 21.1 Å². The molecule has 8 rings (SSSR count). The largest absolute Gasteiger partial charge is 0.418 e. The average Bonchev–Trinajstić information content (AvgIpc) is 3.76. The number of benzene rings is 3. The monoisotopic (exact) mass is 713 g/mol. The number of anilines is 2. The number of carbonyl (C=O) groups excluding carboxylic acids is 3. The van der Waals surface area contributed by atoms with Crippen LogP contribution in [0.3, 0.4) is 0 Å². The van der Waals surface area contributed by atoms with Crippen LogP contribution in [0.2, 0.25) is 5.02 Å². The minimum Gasteiger partial charge on any atom is -0.324 e. The molecule has 4 aliphatic rings. The highest BCUT2D eigenvalue weighted by atomic mass is 35.5. The number of nitrogens with one attached hydrogen (secondary N) is 1. The molecule has 3 fully saturated rings. The summed E-state index contributed by atoms with van der Waals surface area (Å²) in [4.78, 5) is 56.0. The number of aromatic nitrogens is 1. The van der Waals surface area contributed by atoms with Crippen molar-refractivity contribution in [2.75, 3.05) is 10.2 Å². The van der Waals surface area contributed by atoms with Crippen molar-refractivity contribution in [2.24, 2.45) is 29.6 Å². The van der Waals surface area contributed by atoms with E-state index in [9.17, 15) is 36.7 Å². The number of carbonyl (C=O) groups is 3. The van der Waals surface area contributed by atoms with Crippen LogP contribution in [-0.4, -0.2) is 27.5 Å². The van der Waals surface area contributed by atoms with Crippen LogP contribution in [0.1, 0.15) is 28.3 Å². The summed E-state index contributed by atoms with van der Waals surface area (Å²) in [6.07, 6.45) is -4.08. The summed E-state index contributed by atoms with van der Waals surface area (Å²) < 4.78 is 56.1. The fraction of sp³-hybridized carbons (Fsp3) is 0.294. The third-order valence-electron chi connectivity index (χ3n) is 10.1. The van der Waals surface area contributed by atoms with Gasteiger partial charge >= 0.3 is 11.0 Å². The second-order valence-electron chi connectivity index (χ2n) is 12.5. The number of thiazole rings is 1. The van der Waals surface area contributed by atoms with E-state index in [1.54, 1.807) is 36.4 Å². The highest BCUT2D eigenvalue weighted by Crippen LogP contribution is 2.69. The zero-order chi connectivity index (χ0) is 33.6. The maximum absolute atomic E-state index is 14.1. The van der Waals surface area contributed by atoms with Gasteiger partial charge in [-0.25, -0.2) is 4.39 Å². The van der Waals surface area contributed by atoms with Gasteiger partial charge in [-0.3, -0.25) is 28.6 Å². The number of amides is 3. The molecule has 3 heterocycles. The molecule has 2 saturated carbocycles. The maximum Gasteiger partial charge on any atom is 0.418 e. The third kappa shape index (κ3) is 4.84. The highest BCUT2D eigenvalue weighted by molar-refractivity contribution is 8.00. The Morgan fingerprint density at radius 2 is 1.58 bits per heavy atom. The molecule has 7 nitrogen and oxygen atoms in total. The topological polar surface area (TPSA) is 88.5 Å². The number of hydrogen-bond donors (Lipinski definition) is 1. The molecule has 48 heavy (non-hydrogen) atoms. The van der Waals surface area contributed by atoms with Gasteiger partial charge in [-0.1, -0.05) is 47.2 Å². The van der Waals surface area contributed by atoms with E-state index < -0.39 is 58.3 Å². The zero-order valence-electron chi connectivity index (χ0n) is 24.6. The van der Waals surface area contributed by atoms with E-state index in [1.165, 1.54) is 45.5 Å². The van der Waals surface area contributed by atoms with Crippen molar-refractivity contribution in [1.82, 2.24) is 4.57 Å². The predicted octanol–water partition coefficient (Wildman–Crippen LogP) is 7.04. The number of hydrogen-bond acceptors (Lipinski definition) is 6. The van der Waals surface area contributed by atoms with Crippen LogP contribution < -0.4 is 15.1 Å². The van der Waals surface area contributed by atoms with Gasteiger partial charge in [0.2, 0.25) is 17.7 Å². The zero-order valence-corrected chi connectivity index (χ0v) is 27.0. The Hall–Kier alpha value is -3.94. The molecular weight excluding hydrogens is 690 g/mol. The summed E-state index contributed by atoms with van der Waals surface area (Å²) in [6.45, 7) is -0.528. The number of para-hydroxylation sites is 1. The van der Waals surface area contributed by atoms with Gasteiger partial charge in [-0.05, 0) is 78.3 Å². The predicted molar refractivity (Wildman–Crippen MR) is 173 cm³/mol. The molecule has 0 spiro atoms. The Bertz CT molecular complexity index is 2050. The van der Waals surface area contributed by atoms with Gasteiger partial charge < -0.3 is 5.32 Å². The molecule has 7 unspecified atom stereocenters. The van der Waals surface area contributed by atoms with Gasteiger partial charge in [0.15, 0.2) is 0 Å². The molecule has 246 valence electrons. The molecule has 2 bridgehead atoms. The van der Waals surface area contributed by atoms with Crippen molar-refractivity contribution in [3.63, 3.8) is 0 Å². The lowest BCUT2D eigenvalue weighted by molar-refractivity contribution is -0.137. The van der Waals surface area contributed by atoms with Gasteiger partial charge in [-0.2, -0.15) is 13.2 Å². The molecule has 3 amide bonds. The van der Waals surface area contributed by atoms with Crippen molar-refractivity contribution >= 4 is 63.8 Å². The first-order valence-electron chi connectivity index (χ1n) is 15.2. The van der Waals surface area contributed by atoms with Crippen molar-refractivity contribution in [3.05, 3.63) is 109 Å². The van der Waals surface area contributed by atoms with E-state index in [1.807, 2.05) is 0 Å². The van der Waals surface area contributed by atoms with Crippen molar-refractivity contribution in [3.8, 4) is 0 Å². The summed E-state index contributed by atoms with van der Waals surface area (Å²) >= 11 is 8.38. The highest BCUT2D eigenvalue weighted by Gasteiger charge is 2.69. The van der Waals surface area contributed by atoms with E-state index in [0.29, 0.717) is 27.0 Å². The Morgan fingerprint density at radius 3 is 2.27 bits per heavy atom. The molecule has 1 N–H and O–H groups in total. The molecule has 14 heteroatoms. The molecule has 2 aliphatic carbocycles. The van der Waals surface area contributed by atoms with E-state index in [-0.39, 0.29) is 34.8 Å². The van der Waals surface area contributed by atoms with E-state index in [4.69, 9.17) is 11.6 Å². The molecule has 1 saturated heterocycles. The molecule has 4 aromatic rings. The van der Waals surface area contributed by atoms with E-state index in [2.05, 4.69) is 5.32 Å². The fourth-order valence-electron chi connectivity index (χ4n) is 8.32. The van der Waals surface area contributed by atoms with Crippen LogP contribution in [0.15, 0.2) is 82.6 Å². The molecular formula is C34H24ClF4N3O4S2. The summed E-state index contributed by atoms with van der Waals surface area (Å²) in [6, 6.07) is 17.1. The first kappa shape index (κ1) is 31.3. The van der Waals surface area contributed by atoms with Gasteiger partial charge in [0.05, 0.1) is 33.8 Å². The van der Waals surface area contributed by atoms with Crippen molar-refractivity contribution in [2.45, 2.75) is 35.3 Å². The van der Waals surface area contributed by atoms with Crippen molar-refractivity contribution in [1.29, 1.82) is 0 Å². The van der Waals surface area contributed by atoms with Crippen LogP contribution >= 0.6 is 34.7 Å². The number of imide groups is 1. The minimum atomic E-state index is -4.70. The molecule has 3 aromatic carbocycles. The smallest absolute Gasteiger partial charge is 0.324 e. The maximum atomic E-state index is 14.1. The Balaban J connectivity index is 1.16. The summed E-state index contributed by atoms with van der Waals surface area (Å²) in [5.41, 5.74) is -0.246. The number of nitrogens with zero attached hydrogens (tertiary/aromatic N) is 2. The average molecular weight is 714 g/mol. The number of fused-ring (bicyclic) bond motifs is 9. The normalized spacial score (nSPS) is 27.2. The Labute approximate surface area is 283 Å². The quantitative estimate of drug-likeness (QED) is 0.177. The molecule has 7 atom stereocenters. The number of thioether (sulfide) groups is 1. The SMILES string of the molecule is O=C(Cn1c2c(sc1=O)C(c1ccc(F)cc1)C1C3CC(C1S2)C1C(=O)N(c2ccc(Cl)cc2)C(=O)C31)Nc1ccccc1C(F)(F)F. The minimum absolute atomic E-state index is 0.167. The first-order valence-corrected chi connectivity index (χ1v) is 17.2. The molecule has 0 radical (unpaired) electrons. The summed E-state index contributed by atoms with van der Waals surface area (Å²) in [7, 11) is 0. The van der Waals surface area contributed by atoms with E-state index in [0.717, 1.165) is 29.0 Å². The Morgan fingerprint density at radius 1 is 0.917 bits per heavy atom. The second-order valence-corrected chi connectivity index (χ2v) is 15.1. The summed E-state index contributed by atoms with van der Waals surface area (Å²) in [5, 5.41) is 3.07. The van der Waals surface area contributed by atoms with Gasteiger partial charge in [0.25, 0.3) is 0 Å². The lowest BCUT2D eigenvalue weighted by Crippen LogP contribution is -2.43. The third-order valence-corrected chi connectivity index (χ3v) is 13.1. The Kier molecular flexibility index (Phi) is 7.38. The van der Waals surface area contributed by atoms with Gasteiger partial charge in [-0.15, -0.1) is 11.8 Å². The summed E-state index contributed by atoms with van der Waals surface area (Å²) in [5.74, 6) is -3.92. The molecule has 2 aliphatic heterocycles. The number of rotatable bonds is 5.